The molecule has 6 nitrogen and oxygen atoms in total. The fraction of sp³-hybridized carbons (Fsp3) is 0.500. The van der Waals surface area contributed by atoms with E-state index in [0.717, 1.165) is 19.4 Å². The minimum absolute atomic E-state index is 0.0559. The number of nitrogens with two attached hydrogens (primary N) is 1. The van der Waals surface area contributed by atoms with Crippen LogP contribution in [0.1, 0.15) is 25.3 Å². The van der Waals surface area contributed by atoms with Crippen LogP contribution < -0.4 is 10.5 Å². The smallest absolute Gasteiger partial charge is 0.239 e. The predicted octanol–water partition coefficient (Wildman–Crippen LogP) is 1.43. The lowest BCUT2D eigenvalue weighted by molar-refractivity contribution is 0.0899. The molecule has 114 valence electrons. The van der Waals surface area contributed by atoms with Gasteiger partial charge < -0.3 is 10.1 Å². The molecule has 1 aliphatic rings. The molecular formula is C14H19N3O3S. The Labute approximate surface area is 125 Å². The van der Waals surface area contributed by atoms with Crippen LogP contribution in [-0.4, -0.2) is 27.7 Å². The Kier molecular flexibility index (Phi) is 4.83. The van der Waals surface area contributed by atoms with Crippen molar-refractivity contribution < 1.29 is 13.2 Å². The van der Waals surface area contributed by atoms with Crippen LogP contribution in [0.15, 0.2) is 23.1 Å². The number of hydrogen-bond acceptors (Lipinski definition) is 5. The van der Waals surface area contributed by atoms with E-state index in [0.29, 0.717) is 18.2 Å². The number of ether oxygens (including phenoxy) is 1. The number of nitriles is 1. The van der Waals surface area contributed by atoms with E-state index in [1.54, 1.807) is 12.1 Å². The normalized spacial score (nSPS) is 22.0. The van der Waals surface area contributed by atoms with E-state index in [4.69, 9.17) is 9.88 Å². The first-order valence-electron chi connectivity index (χ1n) is 6.85. The molecule has 2 atom stereocenters. The van der Waals surface area contributed by atoms with Crippen LogP contribution in [-0.2, 0) is 14.8 Å². The van der Waals surface area contributed by atoms with Crippen molar-refractivity contribution in [3.63, 3.8) is 0 Å². The third-order valence-corrected chi connectivity index (χ3v) is 4.68. The minimum Gasteiger partial charge on any atom is -0.384 e. The van der Waals surface area contributed by atoms with Gasteiger partial charge in [0.15, 0.2) is 0 Å². The Morgan fingerprint density at radius 2 is 2.29 bits per heavy atom. The van der Waals surface area contributed by atoms with Gasteiger partial charge in [0.2, 0.25) is 10.0 Å². The van der Waals surface area contributed by atoms with Gasteiger partial charge in [0.05, 0.1) is 17.4 Å². The fourth-order valence-corrected chi connectivity index (χ4v) is 3.21. The van der Waals surface area contributed by atoms with E-state index in [1.165, 1.54) is 6.07 Å². The van der Waals surface area contributed by atoms with Gasteiger partial charge in [0.1, 0.15) is 11.0 Å². The van der Waals surface area contributed by atoms with Gasteiger partial charge in [-0.25, -0.2) is 13.6 Å². The van der Waals surface area contributed by atoms with E-state index < -0.39 is 10.0 Å². The van der Waals surface area contributed by atoms with Crippen molar-refractivity contribution in [3.8, 4) is 6.07 Å². The molecule has 1 fully saturated rings. The Hall–Kier alpha value is -1.62. The first-order chi connectivity index (χ1) is 9.93. The third kappa shape index (κ3) is 3.73. The van der Waals surface area contributed by atoms with Crippen LogP contribution in [0.3, 0.4) is 0 Å². The maximum atomic E-state index is 11.5. The number of nitrogens with zero attached hydrogens (tertiary/aromatic N) is 1. The molecule has 0 bridgehead atoms. The standard InChI is InChI=1S/C14H19N3O3S/c1-10-6-8-20-13(10)5-7-17-12-3-2-4-14(11(12)9-15)21(16,18)19/h2-4,10,13,17H,5-8H2,1H3,(H2,16,18,19)/t10-,13-/m1/s1. The average Bonchev–Trinajstić information content (AvgIpc) is 2.83. The monoisotopic (exact) mass is 309 g/mol. The van der Waals surface area contributed by atoms with Gasteiger partial charge >= 0.3 is 0 Å². The van der Waals surface area contributed by atoms with Gasteiger partial charge in [-0.1, -0.05) is 13.0 Å². The summed E-state index contributed by atoms with van der Waals surface area (Å²) in [4.78, 5) is -0.152. The maximum Gasteiger partial charge on any atom is 0.239 e. The zero-order chi connectivity index (χ0) is 15.5. The zero-order valence-electron chi connectivity index (χ0n) is 11.9. The van der Waals surface area contributed by atoms with Gasteiger partial charge in [-0.05, 0) is 30.9 Å². The summed E-state index contributed by atoms with van der Waals surface area (Å²) in [6.07, 6.45) is 2.09. The maximum absolute atomic E-state index is 11.5. The Morgan fingerprint density at radius 3 is 2.86 bits per heavy atom. The SMILES string of the molecule is C[C@@H]1CCO[C@@H]1CCNc1cccc(S(N)(=O)=O)c1C#N. The zero-order valence-corrected chi connectivity index (χ0v) is 12.7. The number of primary sulfonamides is 1. The first kappa shape index (κ1) is 15.8. The van der Waals surface area contributed by atoms with Crippen LogP contribution >= 0.6 is 0 Å². The molecule has 21 heavy (non-hydrogen) atoms. The summed E-state index contributed by atoms with van der Waals surface area (Å²) < 4.78 is 28.6. The van der Waals surface area contributed by atoms with E-state index in [1.807, 2.05) is 6.07 Å². The molecule has 2 rings (SSSR count). The van der Waals surface area contributed by atoms with Crippen molar-refractivity contribution in [2.24, 2.45) is 11.1 Å². The minimum atomic E-state index is -3.90. The summed E-state index contributed by atoms with van der Waals surface area (Å²) in [6, 6.07) is 6.48. The molecule has 1 aliphatic heterocycles. The lowest BCUT2D eigenvalue weighted by atomic mass is 10.0. The first-order valence-corrected chi connectivity index (χ1v) is 8.39. The van der Waals surface area contributed by atoms with E-state index in [-0.39, 0.29) is 16.6 Å². The highest BCUT2D eigenvalue weighted by atomic mass is 32.2. The van der Waals surface area contributed by atoms with Crippen molar-refractivity contribution in [1.29, 1.82) is 5.26 Å². The third-order valence-electron chi connectivity index (χ3n) is 3.73. The molecule has 0 aromatic heterocycles. The van der Waals surface area contributed by atoms with Crippen LogP contribution in [0.25, 0.3) is 0 Å². The summed E-state index contributed by atoms with van der Waals surface area (Å²) in [7, 11) is -3.90. The highest BCUT2D eigenvalue weighted by Gasteiger charge is 2.23. The Morgan fingerprint density at radius 1 is 1.52 bits per heavy atom. The van der Waals surface area contributed by atoms with Gasteiger partial charge in [-0.3, -0.25) is 0 Å². The predicted molar refractivity (Wildman–Crippen MR) is 79.2 cm³/mol. The molecule has 0 saturated carbocycles. The van der Waals surface area contributed by atoms with E-state index in [2.05, 4.69) is 12.2 Å². The van der Waals surface area contributed by atoms with Gasteiger partial charge in [-0.15, -0.1) is 0 Å². The number of anilines is 1. The van der Waals surface area contributed by atoms with Crippen LogP contribution in [0.4, 0.5) is 5.69 Å². The number of sulfonamides is 1. The van der Waals surface area contributed by atoms with Crippen molar-refractivity contribution >= 4 is 15.7 Å². The van der Waals surface area contributed by atoms with Crippen molar-refractivity contribution in [3.05, 3.63) is 23.8 Å². The summed E-state index contributed by atoms with van der Waals surface area (Å²) in [6.45, 7) is 3.55. The number of hydrogen-bond donors (Lipinski definition) is 2. The van der Waals surface area contributed by atoms with Gasteiger partial charge in [0, 0.05) is 13.2 Å². The lowest BCUT2D eigenvalue weighted by Crippen LogP contribution is -2.19. The van der Waals surface area contributed by atoms with Crippen LogP contribution in [0, 0.1) is 17.2 Å². The van der Waals surface area contributed by atoms with E-state index in [9.17, 15) is 13.7 Å². The molecule has 0 radical (unpaired) electrons. The van der Waals surface area contributed by atoms with Crippen molar-refractivity contribution in [1.82, 2.24) is 0 Å². The van der Waals surface area contributed by atoms with Gasteiger partial charge in [-0.2, -0.15) is 5.26 Å². The van der Waals surface area contributed by atoms with Crippen molar-refractivity contribution in [2.75, 3.05) is 18.5 Å². The summed E-state index contributed by atoms with van der Waals surface area (Å²) in [5.41, 5.74) is 0.537. The summed E-state index contributed by atoms with van der Waals surface area (Å²) >= 11 is 0. The molecule has 1 heterocycles. The van der Waals surface area contributed by atoms with Crippen LogP contribution in [0.5, 0.6) is 0 Å². The Bertz CT molecular complexity index is 652. The molecule has 7 heteroatoms. The van der Waals surface area contributed by atoms with Crippen LogP contribution in [0.2, 0.25) is 0 Å². The largest absolute Gasteiger partial charge is 0.384 e. The second-order valence-corrected chi connectivity index (χ2v) is 6.76. The molecule has 1 aromatic rings. The summed E-state index contributed by atoms with van der Waals surface area (Å²) in [5, 5.41) is 17.4. The average molecular weight is 309 g/mol. The van der Waals surface area contributed by atoms with Crippen molar-refractivity contribution in [2.45, 2.75) is 30.8 Å². The molecular weight excluding hydrogens is 290 g/mol. The molecule has 3 N–H and O–H groups in total. The quantitative estimate of drug-likeness (QED) is 0.856. The molecule has 0 aliphatic carbocycles. The highest BCUT2D eigenvalue weighted by molar-refractivity contribution is 7.89. The topological polar surface area (TPSA) is 105 Å². The molecule has 0 spiro atoms. The van der Waals surface area contributed by atoms with Gasteiger partial charge in [0.25, 0.3) is 0 Å². The molecule has 0 unspecified atom stereocenters. The van der Waals surface area contributed by atoms with E-state index >= 15 is 0 Å². The number of benzene rings is 1. The summed E-state index contributed by atoms with van der Waals surface area (Å²) in [5.74, 6) is 0.526. The number of nitrogens with one attached hydrogen (secondary N) is 1. The second kappa shape index (κ2) is 6.43. The molecule has 0 amide bonds. The molecule has 1 aromatic carbocycles. The fourth-order valence-electron chi connectivity index (χ4n) is 2.50. The second-order valence-electron chi connectivity index (χ2n) is 5.23. The Balaban J connectivity index is 2.08. The number of rotatable bonds is 5. The lowest BCUT2D eigenvalue weighted by Gasteiger charge is -2.16. The highest BCUT2D eigenvalue weighted by Crippen LogP contribution is 2.25. The molecule has 1 saturated heterocycles.